The predicted octanol–water partition coefficient (Wildman–Crippen LogP) is 4.49. The van der Waals surface area contributed by atoms with Gasteiger partial charge in [0.15, 0.2) is 0 Å². The van der Waals surface area contributed by atoms with Crippen molar-refractivity contribution >= 4 is 28.9 Å². The molecule has 5 heteroatoms. The summed E-state index contributed by atoms with van der Waals surface area (Å²) in [6.45, 7) is 0.603. The molecular weight excluding hydrogens is 295 g/mol. The minimum Gasteiger partial charge on any atom is -0.495 e. The van der Waals surface area contributed by atoms with Gasteiger partial charge in [-0.2, -0.15) is 5.26 Å². The molecule has 0 bridgehead atoms. The summed E-state index contributed by atoms with van der Waals surface area (Å²) in [7, 11) is 1.58. The fourth-order valence-corrected chi connectivity index (χ4v) is 2.24. The van der Waals surface area contributed by atoms with Gasteiger partial charge in [0.25, 0.3) is 0 Å². The molecule has 0 unspecified atom stereocenters. The van der Waals surface area contributed by atoms with Crippen molar-refractivity contribution in [1.29, 1.82) is 5.26 Å². The first-order valence-corrected chi connectivity index (χ1v) is 6.65. The van der Waals surface area contributed by atoms with Gasteiger partial charge in [-0.1, -0.05) is 29.3 Å². The zero-order valence-electron chi connectivity index (χ0n) is 10.8. The second-order valence-corrected chi connectivity index (χ2v) is 4.94. The van der Waals surface area contributed by atoms with Gasteiger partial charge in [-0.3, -0.25) is 0 Å². The number of nitrogens with zero attached hydrogens (tertiary/aromatic N) is 1. The topological polar surface area (TPSA) is 45.0 Å². The number of hydrogen-bond donors (Lipinski definition) is 1. The van der Waals surface area contributed by atoms with E-state index in [1.807, 2.05) is 30.3 Å². The molecule has 1 N–H and O–H groups in total. The average Bonchev–Trinajstić information content (AvgIpc) is 2.45. The minimum atomic E-state index is 0.435. The van der Waals surface area contributed by atoms with Crippen LogP contribution in [0.3, 0.4) is 0 Å². The summed E-state index contributed by atoms with van der Waals surface area (Å²) in [6.07, 6.45) is 0. The summed E-state index contributed by atoms with van der Waals surface area (Å²) in [4.78, 5) is 0. The molecule has 2 aromatic carbocycles. The number of nitrogens with one attached hydrogen (secondary N) is 1. The quantitative estimate of drug-likeness (QED) is 0.905. The Morgan fingerprint density at radius 3 is 2.55 bits per heavy atom. The van der Waals surface area contributed by atoms with Gasteiger partial charge >= 0.3 is 0 Å². The highest BCUT2D eigenvalue weighted by atomic mass is 35.5. The van der Waals surface area contributed by atoms with E-state index < -0.39 is 0 Å². The smallest absolute Gasteiger partial charge is 0.137 e. The summed E-state index contributed by atoms with van der Waals surface area (Å²) in [5.41, 5.74) is 2.34. The summed E-state index contributed by atoms with van der Waals surface area (Å²) in [6, 6.07) is 12.9. The Hall–Kier alpha value is -1.89. The van der Waals surface area contributed by atoms with Crippen LogP contribution in [0.4, 0.5) is 5.69 Å². The van der Waals surface area contributed by atoms with Crippen LogP contribution in [0.1, 0.15) is 11.1 Å². The zero-order chi connectivity index (χ0) is 14.5. The summed E-state index contributed by atoms with van der Waals surface area (Å²) < 4.78 is 5.10. The van der Waals surface area contributed by atoms with E-state index in [-0.39, 0.29) is 0 Å². The first kappa shape index (κ1) is 14.5. The van der Waals surface area contributed by atoms with Crippen molar-refractivity contribution in [2.24, 2.45) is 0 Å². The van der Waals surface area contributed by atoms with Crippen molar-refractivity contribution in [3.05, 3.63) is 57.6 Å². The molecule has 0 heterocycles. The zero-order valence-corrected chi connectivity index (χ0v) is 12.3. The SMILES string of the molecule is COc1ccc(CNc2ccc(C#N)c(Cl)c2)cc1Cl. The number of benzene rings is 2. The highest BCUT2D eigenvalue weighted by molar-refractivity contribution is 6.32. The molecule has 0 fully saturated rings. The lowest BCUT2D eigenvalue weighted by Crippen LogP contribution is -2.00. The molecule has 0 atom stereocenters. The largest absolute Gasteiger partial charge is 0.495 e. The predicted molar refractivity (Wildman–Crippen MR) is 81.5 cm³/mol. The lowest BCUT2D eigenvalue weighted by atomic mass is 10.2. The Kier molecular flexibility index (Phi) is 4.73. The van der Waals surface area contributed by atoms with Gasteiger partial charge < -0.3 is 10.1 Å². The molecule has 0 aliphatic rings. The molecule has 2 rings (SSSR count). The molecule has 0 amide bonds. The van der Waals surface area contributed by atoms with E-state index in [0.29, 0.717) is 27.9 Å². The van der Waals surface area contributed by atoms with Gasteiger partial charge in [0.2, 0.25) is 0 Å². The molecule has 20 heavy (non-hydrogen) atoms. The van der Waals surface area contributed by atoms with E-state index in [9.17, 15) is 0 Å². The Labute approximate surface area is 127 Å². The third kappa shape index (κ3) is 3.36. The number of nitriles is 1. The third-order valence-corrected chi connectivity index (χ3v) is 3.41. The van der Waals surface area contributed by atoms with E-state index >= 15 is 0 Å². The van der Waals surface area contributed by atoms with Crippen LogP contribution < -0.4 is 10.1 Å². The highest BCUT2D eigenvalue weighted by Crippen LogP contribution is 2.26. The maximum absolute atomic E-state index is 8.82. The molecule has 0 aliphatic heterocycles. The molecule has 102 valence electrons. The van der Waals surface area contributed by atoms with Crippen molar-refractivity contribution in [2.45, 2.75) is 6.54 Å². The number of halogens is 2. The van der Waals surface area contributed by atoms with Crippen LogP contribution in [-0.4, -0.2) is 7.11 Å². The van der Waals surface area contributed by atoms with Gasteiger partial charge in [0.1, 0.15) is 11.8 Å². The van der Waals surface area contributed by atoms with Gasteiger partial charge in [0.05, 0.1) is 22.7 Å². The number of rotatable bonds is 4. The van der Waals surface area contributed by atoms with Crippen LogP contribution in [0.25, 0.3) is 0 Å². The fraction of sp³-hybridized carbons (Fsp3) is 0.133. The van der Waals surface area contributed by atoms with E-state index in [2.05, 4.69) is 5.32 Å². The van der Waals surface area contributed by atoms with Gasteiger partial charge in [-0.25, -0.2) is 0 Å². The van der Waals surface area contributed by atoms with E-state index in [1.54, 1.807) is 19.2 Å². The Morgan fingerprint density at radius 1 is 1.15 bits per heavy atom. The molecule has 0 aromatic heterocycles. The standard InChI is InChI=1S/C15H12Cl2N2O/c1-20-15-5-2-10(6-14(15)17)9-19-12-4-3-11(8-18)13(16)7-12/h2-7,19H,9H2,1H3. The summed E-state index contributed by atoms with van der Waals surface area (Å²) in [5, 5.41) is 13.0. The Bertz CT molecular complexity index is 665. The normalized spacial score (nSPS) is 9.90. The van der Waals surface area contributed by atoms with Crippen molar-refractivity contribution < 1.29 is 4.74 Å². The summed E-state index contributed by atoms with van der Waals surface area (Å²) >= 11 is 12.0. The van der Waals surface area contributed by atoms with Crippen LogP contribution in [0.2, 0.25) is 10.0 Å². The number of methoxy groups -OCH3 is 1. The number of hydrogen-bond acceptors (Lipinski definition) is 3. The first-order valence-electron chi connectivity index (χ1n) is 5.90. The molecule has 2 aromatic rings. The highest BCUT2D eigenvalue weighted by Gasteiger charge is 2.03. The third-order valence-electron chi connectivity index (χ3n) is 2.80. The van der Waals surface area contributed by atoms with Gasteiger partial charge in [-0.05, 0) is 35.9 Å². The van der Waals surface area contributed by atoms with Gasteiger partial charge in [-0.15, -0.1) is 0 Å². The second kappa shape index (κ2) is 6.51. The number of ether oxygens (including phenoxy) is 1. The molecule has 0 saturated heterocycles. The lowest BCUT2D eigenvalue weighted by molar-refractivity contribution is 0.415. The van der Waals surface area contributed by atoms with Crippen LogP contribution in [0.5, 0.6) is 5.75 Å². The van der Waals surface area contributed by atoms with Crippen LogP contribution in [-0.2, 0) is 6.54 Å². The molecule has 0 saturated carbocycles. The molecule has 0 spiro atoms. The van der Waals surface area contributed by atoms with Crippen molar-refractivity contribution in [2.75, 3.05) is 12.4 Å². The Morgan fingerprint density at radius 2 is 1.95 bits per heavy atom. The van der Waals surface area contributed by atoms with Crippen molar-refractivity contribution in [3.63, 3.8) is 0 Å². The van der Waals surface area contributed by atoms with Crippen molar-refractivity contribution in [3.8, 4) is 11.8 Å². The van der Waals surface area contributed by atoms with E-state index in [1.165, 1.54) is 0 Å². The van der Waals surface area contributed by atoms with Crippen LogP contribution in [0.15, 0.2) is 36.4 Å². The minimum absolute atomic E-state index is 0.435. The van der Waals surface area contributed by atoms with Crippen LogP contribution in [0, 0.1) is 11.3 Å². The number of anilines is 1. The van der Waals surface area contributed by atoms with Crippen LogP contribution >= 0.6 is 23.2 Å². The average molecular weight is 307 g/mol. The maximum atomic E-state index is 8.82. The second-order valence-electron chi connectivity index (χ2n) is 4.13. The monoisotopic (exact) mass is 306 g/mol. The maximum Gasteiger partial charge on any atom is 0.137 e. The van der Waals surface area contributed by atoms with Crippen molar-refractivity contribution in [1.82, 2.24) is 0 Å². The van der Waals surface area contributed by atoms with E-state index in [0.717, 1.165) is 11.3 Å². The lowest BCUT2D eigenvalue weighted by Gasteiger charge is -2.09. The van der Waals surface area contributed by atoms with E-state index in [4.69, 9.17) is 33.2 Å². The Balaban J connectivity index is 2.07. The molecule has 0 radical (unpaired) electrons. The molecule has 0 aliphatic carbocycles. The summed E-state index contributed by atoms with van der Waals surface area (Å²) in [5.74, 6) is 0.650. The first-order chi connectivity index (χ1) is 9.63. The fourth-order valence-electron chi connectivity index (χ4n) is 1.74. The molecular formula is C15H12Cl2N2O. The van der Waals surface area contributed by atoms with Gasteiger partial charge in [0, 0.05) is 12.2 Å². The molecule has 3 nitrogen and oxygen atoms in total.